The average Bonchev–Trinajstić information content (AvgIpc) is 2.58. The Morgan fingerprint density at radius 2 is 1.00 bits per heavy atom. The Bertz CT molecular complexity index is 1080. The van der Waals surface area contributed by atoms with Gasteiger partial charge < -0.3 is 0 Å². The van der Waals surface area contributed by atoms with Crippen molar-refractivity contribution in [3.63, 3.8) is 0 Å². The van der Waals surface area contributed by atoms with Crippen molar-refractivity contribution in [2.24, 2.45) is 0 Å². The summed E-state index contributed by atoms with van der Waals surface area (Å²) in [6.07, 6.45) is 0. The van der Waals surface area contributed by atoms with E-state index in [0.29, 0.717) is 0 Å². The SMILES string of the molecule is Cc1ccc2c(C)c(C)ccc2c1.Cc1ccc2c(C)cc(C)cc2c1. The highest BCUT2D eigenvalue weighted by molar-refractivity contribution is 5.87. The van der Waals surface area contributed by atoms with E-state index in [4.69, 9.17) is 0 Å². The third-order valence-electron chi connectivity index (χ3n) is 5.17. The summed E-state index contributed by atoms with van der Waals surface area (Å²) < 4.78 is 0. The largest absolute Gasteiger partial charge is 0.0587 e. The van der Waals surface area contributed by atoms with Gasteiger partial charge in [0, 0.05) is 0 Å². The minimum atomic E-state index is 1.33. The third-order valence-corrected chi connectivity index (χ3v) is 5.17. The van der Waals surface area contributed by atoms with E-state index in [1.54, 1.807) is 0 Å². The lowest BCUT2D eigenvalue weighted by atomic mass is 10.00. The van der Waals surface area contributed by atoms with Crippen LogP contribution < -0.4 is 0 Å². The first-order valence-corrected chi connectivity index (χ1v) is 9.29. The molecule has 0 N–H and O–H groups in total. The first kappa shape index (κ1) is 18.2. The van der Waals surface area contributed by atoms with Crippen LogP contribution in [-0.2, 0) is 0 Å². The maximum Gasteiger partial charge on any atom is -0.0152 e. The summed E-state index contributed by atoms with van der Waals surface area (Å²) in [5, 5.41) is 5.46. The van der Waals surface area contributed by atoms with Gasteiger partial charge in [0.2, 0.25) is 0 Å². The second kappa shape index (κ2) is 7.33. The first-order valence-electron chi connectivity index (χ1n) is 9.29. The highest BCUT2D eigenvalue weighted by atomic mass is 14.0. The molecule has 0 amide bonds. The predicted molar refractivity (Wildman–Crippen MR) is 116 cm³/mol. The average molecular weight is 341 g/mol. The number of rotatable bonds is 0. The van der Waals surface area contributed by atoms with Crippen LogP contribution in [0.5, 0.6) is 0 Å². The van der Waals surface area contributed by atoms with Crippen molar-refractivity contribution in [3.8, 4) is 0 Å². The van der Waals surface area contributed by atoms with Crippen molar-refractivity contribution in [2.75, 3.05) is 0 Å². The van der Waals surface area contributed by atoms with Gasteiger partial charge in [0.15, 0.2) is 0 Å². The molecule has 0 saturated heterocycles. The van der Waals surface area contributed by atoms with Gasteiger partial charge >= 0.3 is 0 Å². The lowest BCUT2D eigenvalue weighted by Crippen LogP contribution is -1.83. The normalized spacial score (nSPS) is 10.7. The first-order chi connectivity index (χ1) is 12.3. The van der Waals surface area contributed by atoms with Crippen LogP contribution in [0, 0.1) is 41.5 Å². The summed E-state index contributed by atoms with van der Waals surface area (Å²) in [6.45, 7) is 12.9. The van der Waals surface area contributed by atoms with Crippen molar-refractivity contribution >= 4 is 21.5 Å². The fraction of sp³-hybridized carbons (Fsp3) is 0.231. The molecule has 0 atom stereocenters. The second-order valence-corrected chi connectivity index (χ2v) is 7.54. The molecular weight excluding hydrogens is 312 g/mol. The molecule has 0 fully saturated rings. The van der Waals surface area contributed by atoms with Gasteiger partial charge in [-0.1, -0.05) is 77.4 Å². The second-order valence-electron chi connectivity index (χ2n) is 7.54. The Morgan fingerprint density at radius 3 is 1.69 bits per heavy atom. The number of hydrogen-bond donors (Lipinski definition) is 0. The molecule has 0 spiro atoms. The van der Waals surface area contributed by atoms with Crippen molar-refractivity contribution in [3.05, 3.63) is 94.0 Å². The molecule has 4 aromatic carbocycles. The van der Waals surface area contributed by atoms with E-state index < -0.39 is 0 Å². The van der Waals surface area contributed by atoms with Crippen LogP contribution in [0.1, 0.15) is 33.4 Å². The summed E-state index contributed by atoms with van der Waals surface area (Å²) in [5.74, 6) is 0. The molecule has 0 bridgehead atoms. The fourth-order valence-electron chi connectivity index (χ4n) is 3.58. The topological polar surface area (TPSA) is 0 Å². The van der Waals surface area contributed by atoms with Gasteiger partial charge in [-0.15, -0.1) is 0 Å². The summed E-state index contributed by atoms with van der Waals surface area (Å²) >= 11 is 0. The van der Waals surface area contributed by atoms with E-state index in [1.807, 2.05) is 0 Å². The maximum absolute atomic E-state index is 2.25. The van der Waals surface area contributed by atoms with Crippen LogP contribution in [0.25, 0.3) is 21.5 Å². The van der Waals surface area contributed by atoms with Crippen molar-refractivity contribution in [1.29, 1.82) is 0 Å². The minimum Gasteiger partial charge on any atom is -0.0587 e. The summed E-state index contributed by atoms with van der Waals surface area (Å²) in [7, 11) is 0. The molecule has 0 aliphatic rings. The molecule has 0 aromatic heterocycles. The van der Waals surface area contributed by atoms with Gasteiger partial charge in [-0.3, -0.25) is 0 Å². The van der Waals surface area contributed by atoms with Crippen molar-refractivity contribution < 1.29 is 0 Å². The monoisotopic (exact) mass is 340 g/mol. The molecular formula is C26H28. The summed E-state index contributed by atoms with van der Waals surface area (Å²) in [5.41, 5.74) is 8.15. The zero-order valence-corrected chi connectivity index (χ0v) is 16.8. The molecule has 0 saturated carbocycles. The molecule has 0 heteroatoms. The zero-order chi connectivity index (χ0) is 18.8. The predicted octanol–water partition coefficient (Wildman–Crippen LogP) is 7.53. The van der Waals surface area contributed by atoms with Crippen LogP contribution in [0.15, 0.2) is 60.7 Å². The van der Waals surface area contributed by atoms with Crippen LogP contribution in [0.3, 0.4) is 0 Å². The molecule has 0 nitrogen and oxygen atoms in total. The number of hydrogen-bond acceptors (Lipinski definition) is 0. The Labute approximate surface area is 157 Å². The fourth-order valence-corrected chi connectivity index (χ4v) is 3.58. The van der Waals surface area contributed by atoms with Crippen LogP contribution in [0.4, 0.5) is 0 Å². The van der Waals surface area contributed by atoms with Crippen LogP contribution >= 0.6 is 0 Å². The lowest BCUT2D eigenvalue weighted by Gasteiger charge is -2.05. The Kier molecular flexibility index (Phi) is 5.13. The number of benzene rings is 4. The van der Waals surface area contributed by atoms with Gasteiger partial charge in [-0.05, 0) is 79.8 Å². The van der Waals surface area contributed by atoms with Crippen molar-refractivity contribution in [2.45, 2.75) is 41.5 Å². The standard InChI is InChI=1S/2C13H14/c1-9-4-7-13-11(3)10(2)5-6-12(13)8-9;1-9-4-5-13-11(3)6-10(2)8-12(13)7-9/h2*4-8H,1-3H3. The highest BCUT2D eigenvalue weighted by Crippen LogP contribution is 2.22. The lowest BCUT2D eigenvalue weighted by molar-refractivity contribution is 1.37. The third kappa shape index (κ3) is 3.80. The summed E-state index contributed by atoms with van der Waals surface area (Å²) in [6, 6.07) is 22.1. The van der Waals surface area contributed by atoms with E-state index in [2.05, 4.69) is 102 Å². The Balaban J connectivity index is 0.000000151. The van der Waals surface area contributed by atoms with Crippen LogP contribution in [-0.4, -0.2) is 0 Å². The van der Waals surface area contributed by atoms with Crippen molar-refractivity contribution in [1.82, 2.24) is 0 Å². The number of fused-ring (bicyclic) bond motifs is 2. The zero-order valence-electron chi connectivity index (χ0n) is 16.8. The smallest absolute Gasteiger partial charge is 0.0152 e. The minimum absolute atomic E-state index is 1.33. The van der Waals surface area contributed by atoms with E-state index in [9.17, 15) is 0 Å². The molecule has 0 unspecified atom stereocenters. The van der Waals surface area contributed by atoms with Gasteiger partial charge in [0.25, 0.3) is 0 Å². The Morgan fingerprint density at radius 1 is 0.423 bits per heavy atom. The summed E-state index contributed by atoms with van der Waals surface area (Å²) in [4.78, 5) is 0. The van der Waals surface area contributed by atoms with Gasteiger partial charge in [0.05, 0.1) is 0 Å². The molecule has 26 heavy (non-hydrogen) atoms. The number of aryl methyl sites for hydroxylation is 6. The molecule has 0 radical (unpaired) electrons. The quantitative estimate of drug-likeness (QED) is 0.310. The molecule has 0 aliphatic heterocycles. The maximum atomic E-state index is 2.25. The van der Waals surface area contributed by atoms with Gasteiger partial charge in [-0.25, -0.2) is 0 Å². The molecule has 0 aliphatic carbocycles. The van der Waals surface area contributed by atoms with E-state index in [0.717, 1.165) is 0 Å². The van der Waals surface area contributed by atoms with E-state index >= 15 is 0 Å². The Hall–Kier alpha value is -2.60. The van der Waals surface area contributed by atoms with Crippen LogP contribution in [0.2, 0.25) is 0 Å². The molecule has 0 heterocycles. The van der Waals surface area contributed by atoms with E-state index in [1.165, 1.54) is 54.9 Å². The molecule has 4 aromatic rings. The van der Waals surface area contributed by atoms with E-state index in [-0.39, 0.29) is 0 Å². The highest BCUT2D eigenvalue weighted by Gasteiger charge is 1.99. The molecule has 132 valence electrons. The van der Waals surface area contributed by atoms with Gasteiger partial charge in [0.1, 0.15) is 0 Å². The molecule has 4 rings (SSSR count). The van der Waals surface area contributed by atoms with Gasteiger partial charge in [-0.2, -0.15) is 0 Å².